The molecule has 0 unspecified atom stereocenters. The maximum Gasteiger partial charge on any atom is 0.416 e. The first-order valence-corrected chi connectivity index (χ1v) is 7.95. The van der Waals surface area contributed by atoms with Gasteiger partial charge in [-0.05, 0) is 18.2 Å². The van der Waals surface area contributed by atoms with E-state index in [1.807, 2.05) is 0 Å². The highest BCUT2D eigenvalue weighted by molar-refractivity contribution is 6.31. The van der Waals surface area contributed by atoms with Crippen molar-refractivity contribution < 1.29 is 22.7 Å². The van der Waals surface area contributed by atoms with Crippen LogP contribution in [-0.4, -0.2) is 35.0 Å². The maximum absolute atomic E-state index is 12.8. The molecular formula is C17H14ClF3N2O2. The van der Waals surface area contributed by atoms with E-state index >= 15 is 0 Å². The third-order valence-electron chi connectivity index (χ3n) is 3.90. The van der Waals surface area contributed by atoms with Gasteiger partial charge in [0.1, 0.15) is 16.9 Å². The van der Waals surface area contributed by atoms with Gasteiger partial charge >= 0.3 is 6.18 Å². The van der Waals surface area contributed by atoms with Crippen LogP contribution in [0.5, 0.6) is 5.75 Å². The van der Waals surface area contributed by atoms with Gasteiger partial charge in [0, 0.05) is 37.0 Å². The number of likely N-dealkylation sites (tertiary alicyclic amines) is 1. The van der Waals surface area contributed by atoms with Crippen molar-refractivity contribution >= 4 is 17.5 Å². The molecule has 1 saturated heterocycles. The van der Waals surface area contributed by atoms with Gasteiger partial charge < -0.3 is 9.64 Å². The Morgan fingerprint density at radius 2 is 2.12 bits per heavy atom. The fraction of sp³-hybridized carbons (Fsp3) is 0.294. The van der Waals surface area contributed by atoms with Gasteiger partial charge in [0.25, 0.3) is 5.91 Å². The van der Waals surface area contributed by atoms with Crippen LogP contribution in [0.1, 0.15) is 22.3 Å². The van der Waals surface area contributed by atoms with Crippen LogP contribution < -0.4 is 4.74 Å². The number of amides is 1. The van der Waals surface area contributed by atoms with Gasteiger partial charge in [-0.3, -0.25) is 9.78 Å². The van der Waals surface area contributed by atoms with E-state index in [0.29, 0.717) is 23.7 Å². The van der Waals surface area contributed by atoms with Crippen molar-refractivity contribution in [1.82, 2.24) is 9.88 Å². The molecule has 0 spiro atoms. The third kappa shape index (κ3) is 4.04. The monoisotopic (exact) mass is 370 g/mol. The number of hydrogen-bond acceptors (Lipinski definition) is 3. The Bertz CT molecular complexity index is 782. The second-order valence-electron chi connectivity index (χ2n) is 5.66. The molecule has 1 aliphatic rings. The molecule has 132 valence electrons. The fourth-order valence-corrected chi connectivity index (χ4v) is 2.82. The van der Waals surface area contributed by atoms with Crippen molar-refractivity contribution in [3.63, 3.8) is 0 Å². The van der Waals surface area contributed by atoms with E-state index in [1.165, 1.54) is 23.2 Å². The van der Waals surface area contributed by atoms with Gasteiger partial charge in [-0.15, -0.1) is 0 Å². The lowest BCUT2D eigenvalue weighted by molar-refractivity contribution is -0.137. The van der Waals surface area contributed by atoms with E-state index < -0.39 is 17.6 Å². The summed E-state index contributed by atoms with van der Waals surface area (Å²) in [4.78, 5) is 17.8. The molecule has 1 atom stereocenters. The zero-order valence-corrected chi connectivity index (χ0v) is 13.7. The van der Waals surface area contributed by atoms with Crippen molar-refractivity contribution in [2.24, 2.45) is 0 Å². The van der Waals surface area contributed by atoms with Crippen LogP contribution in [0.15, 0.2) is 42.7 Å². The van der Waals surface area contributed by atoms with Crippen molar-refractivity contribution in [3.8, 4) is 5.75 Å². The largest absolute Gasteiger partial charge is 0.487 e. The summed E-state index contributed by atoms with van der Waals surface area (Å²) < 4.78 is 44.1. The minimum Gasteiger partial charge on any atom is -0.487 e. The molecule has 0 aliphatic carbocycles. The average Bonchev–Trinajstić information content (AvgIpc) is 3.04. The molecule has 8 heteroatoms. The topological polar surface area (TPSA) is 42.4 Å². The van der Waals surface area contributed by atoms with Crippen LogP contribution in [0.3, 0.4) is 0 Å². The molecule has 3 rings (SSSR count). The van der Waals surface area contributed by atoms with Crippen LogP contribution in [0.2, 0.25) is 5.02 Å². The van der Waals surface area contributed by atoms with E-state index in [1.54, 1.807) is 12.3 Å². The molecule has 25 heavy (non-hydrogen) atoms. The lowest BCUT2D eigenvalue weighted by atomic mass is 10.1. The molecular weight excluding hydrogens is 357 g/mol. The molecule has 1 aromatic heterocycles. The van der Waals surface area contributed by atoms with Gasteiger partial charge in [0.05, 0.1) is 12.1 Å². The number of ether oxygens (including phenoxy) is 1. The van der Waals surface area contributed by atoms with Crippen molar-refractivity contribution in [2.45, 2.75) is 18.7 Å². The highest BCUT2D eigenvalue weighted by Crippen LogP contribution is 2.30. The smallest absolute Gasteiger partial charge is 0.416 e. The number of halogens is 4. The second-order valence-corrected chi connectivity index (χ2v) is 6.07. The van der Waals surface area contributed by atoms with E-state index in [-0.39, 0.29) is 18.2 Å². The first-order valence-electron chi connectivity index (χ1n) is 7.57. The summed E-state index contributed by atoms with van der Waals surface area (Å²) >= 11 is 5.98. The van der Waals surface area contributed by atoms with E-state index in [2.05, 4.69) is 4.98 Å². The normalized spacial score (nSPS) is 17.6. The summed E-state index contributed by atoms with van der Waals surface area (Å²) in [5.74, 6) is 0.0214. The summed E-state index contributed by atoms with van der Waals surface area (Å²) in [6, 6.07) is 6.05. The molecule has 1 fully saturated rings. The molecule has 0 saturated carbocycles. The number of carbonyl (C=O) groups excluding carboxylic acids is 1. The SMILES string of the molecule is O=C(c1cccc(C(F)(F)F)c1)N1CC[C@H](Oc2ccncc2Cl)C1. The highest BCUT2D eigenvalue weighted by Gasteiger charge is 2.33. The molecule has 2 heterocycles. The number of hydrogen-bond donors (Lipinski definition) is 0. The van der Waals surface area contributed by atoms with Crippen molar-refractivity contribution in [3.05, 3.63) is 58.9 Å². The van der Waals surface area contributed by atoms with Crippen molar-refractivity contribution in [2.75, 3.05) is 13.1 Å². The first kappa shape index (κ1) is 17.5. The molecule has 0 radical (unpaired) electrons. The van der Waals surface area contributed by atoms with Gasteiger partial charge in [0.2, 0.25) is 0 Å². The summed E-state index contributed by atoms with van der Waals surface area (Å²) in [5.41, 5.74) is -0.827. The van der Waals surface area contributed by atoms with Gasteiger partial charge in [-0.2, -0.15) is 13.2 Å². The van der Waals surface area contributed by atoms with Gasteiger partial charge in [0.15, 0.2) is 0 Å². The zero-order chi connectivity index (χ0) is 18.0. The predicted octanol–water partition coefficient (Wildman–Crippen LogP) is 4.05. The standard InChI is InChI=1S/C17H14ClF3N2O2/c18-14-9-22-6-4-15(14)25-13-5-7-23(10-13)16(24)11-2-1-3-12(8-11)17(19,20)21/h1-4,6,8-9,13H,5,7,10H2/t13-/m0/s1. The predicted molar refractivity (Wildman–Crippen MR) is 85.6 cm³/mol. The fourth-order valence-electron chi connectivity index (χ4n) is 2.66. The summed E-state index contributed by atoms with van der Waals surface area (Å²) in [6.07, 6.45) is -1.18. The van der Waals surface area contributed by atoms with E-state index in [9.17, 15) is 18.0 Å². The number of aromatic nitrogens is 1. The minimum absolute atomic E-state index is 0.0115. The number of nitrogens with zero attached hydrogens (tertiary/aromatic N) is 2. The molecule has 2 aromatic rings. The molecule has 0 N–H and O–H groups in total. The van der Waals surface area contributed by atoms with Crippen LogP contribution in [-0.2, 0) is 6.18 Å². The Morgan fingerprint density at radius 1 is 1.32 bits per heavy atom. The second kappa shape index (κ2) is 6.92. The molecule has 1 aliphatic heterocycles. The van der Waals surface area contributed by atoms with E-state index in [0.717, 1.165) is 12.1 Å². The molecule has 1 aromatic carbocycles. The number of rotatable bonds is 3. The Kier molecular flexibility index (Phi) is 4.85. The van der Waals surface area contributed by atoms with Crippen LogP contribution in [0.4, 0.5) is 13.2 Å². The lowest BCUT2D eigenvalue weighted by Crippen LogP contribution is -2.31. The van der Waals surface area contributed by atoms with Crippen molar-refractivity contribution in [1.29, 1.82) is 0 Å². The van der Waals surface area contributed by atoms with Gasteiger partial charge in [-0.25, -0.2) is 0 Å². The Labute approximate surface area is 147 Å². The average molecular weight is 371 g/mol. The van der Waals surface area contributed by atoms with Crippen LogP contribution >= 0.6 is 11.6 Å². The summed E-state index contributed by atoms with van der Waals surface area (Å²) in [7, 11) is 0. The number of benzene rings is 1. The Balaban J connectivity index is 1.68. The Hall–Kier alpha value is -2.28. The highest BCUT2D eigenvalue weighted by atomic mass is 35.5. The maximum atomic E-state index is 12.8. The number of carbonyl (C=O) groups is 1. The number of pyridine rings is 1. The molecule has 1 amide bonds. The van der Waals surface area contributed by atoms with E-state index in [4.69, 9.17) is 16.3 Å². The first-order chi connectivity index (χ1) is 11.8. The molecule has 4 nitrogen and oxygen atoms in total. The number of alkyl halides is 3. The summed E-state index contributed by atoms with van der Waals surface area (Å²) in [6.45, 7) is 0.691. The third-order valence-corrected chi connectivity index (χ3v) is 4.18. The van der Waals surface area contributed by atoms with Crippen LogP contribution in [0.25, 0.3) is 0 Å². The zero-order valence-electron chi connectivity index (χ0n) is 13.0. The van der Waals surface area contributed by atoms with Crippen LogP contribution in [0, 0.1) is 0 Å². The molecule has 0 bridgehead atoms. The quantitative estimate of drug-likeness (QED) is 0.818. The lowest BCUT2D eigenvalue weighted by Gasteiger charge is -2.18. The Morgan fingerprint density at radius 3 is 2.84 bits per heavy atom. The minimum atomic E-state index is -4.48. The van der Waals surface area contributed by atoms with Gasteiger partial charge in [-0.1, -0.05) is 17.7 Å². The summed E-state index contributed by atoms with van der Waals surface area (Å²) in [5, 5.41) is 0.366.